The number of fused-ring (bicyclic) bond motifs is 1. The third kappa shape index (κ3) is 7.90. The summed E-state index contributed by atoms with van der Waals surface area (Å²) < 4.78 is 21.7. The van der Waals surface area contributed by atoms with Gasteiger partial charge in [-0.1, -0.05) is 42.5 Å². The van der Waals surface area contributed by atoms with Crippen LogP contribution in [0.15, 0.2) is 66.7 Å². The number of hydrogen-bond donors (Lipinski definition) is 0. The minimum absolute atomic E-state index is 0.0642. The van der Waals surface area contributed by atoms with Crippen molar-refractivity contribution in [3.8, 4) is 11.5 Å². The number of nitrogens with zero attached hydrogens (tertiary/aromatic N) is 2. The molecule has 0 N–H and O–H groups in total. The Balaban J connectivity index is 1.29. The average molecular weight is 615 g/mol. The molecule has 1 aliphatic heterocycles. The molecule has 9 nitrogen and oxygen atoms in total. The van der Waals surface area contributed by atoms with Crippen LogP contribution in [0.2, 0.25) is 0 Å². The zero-order chi connectivity index (χ0) is 31.8. The number of carbonyl (C=O) groups is 3. The molecule has 0 radical (unpaired) electrons. The minimum Gasteiger partial charge on any atom is -0.497 e. The Hall–Kier alpha value is -4.21. The Morgan fingerprint density at radius 2 is 1.56 bits per heavy atom. The van der Waals surface area contributed by atoms with Gasteiger partial charge in [-0.3, -0.25) is 19.3 Å². The second-order valence-corrected chi connectivity index (χ2v) is 11.6. The van der Waals surface area contributed by atoms with Crippen LogP contribution >= 0.6 is 0 Å². The van der Waals surface area contributed by atoms with Crippen LogP contribution in [0.4, 0.5) is 0 Å². The molecular formula is C36H42N2O7. The second-order valence-electron chi connectivity index (χ2n) is 11.6. The molecule has 5 rings (SSSR count). The normalized spacial score (nSPS) is 15.4. The fourth-order valence-electron chi connectivity index (χ4n) is 6.27. The molecule has 1 atom stereocenters. The average Bonchev–Trinajstić information content (AvgIpc) is 3.53. The molecular weight excluding hydrogens is 572 g/mol. The van der Waals surface area contributed by atoms with E-state index in [0.29, 0.717) is 62.7 Å². The van der Waals surface area contributed by atoms with Gasteiger partial charge in [0, 0.05) is 61.4 Å². The third-order valence-electron chi connectivity index (χ3n) is 8.87. The number of amides is 1. The van der Waals surface area contributed by atoms with Gasteiger partial charge in [-0.25, -0.2) is 0 Å². The molecule has 1 heterocycles. The topological polar surface area (TPSA) is 94.6 Å². The van der Waals surface area contributed by atoms with E-state index in [-0.39, 0.29) is 30.1 Å². The number of Topliss-reactive ketones (excluding diaryl/α,β-unsaturated/α-hetero) is 1. The molecule has 1 amide bonds. The van der Waals surface area contributed by atoms with E-state index >= 15 is 0 Å². The van der Waals surface area contributed by atoms with Gasteiger partial charge in [0.15, 0.2) is 5.78 Å². The minimum atomic E-state index is -0.505. The lowest BCUT2D eigenvalue weighted by atomic mass is 9.96. The quantitative estimate of drug-likeness (QED) is 0.204. The van der Waals surface area contributed by atoms with E-state index in [4.69, 9.17) is 18.9 Å². The Morgan fingerprint density at radius 1 is 0.889 bits per heavy atom. The smallest absolute Gasteiger partial charge is 0.309 e. The lowest BCUT2D eigenvalue weighted by molar-refractivity contribution is -0.146. The van der Waals surface area contributed by atoms with Gasteiger partial charge >= 0.3 is 5.97 Å². The Bertz CT molecular complexity index is 1460. The predicted octanol–water partition coefficient (Wildman–Crippen LogP) is 4.60. The molecule has 1 aliphatic carbocycles. The molecule has 9 heteroatoms. The van der Waals surface area contributed by atoms with E-state index in [2.05, 4.69) is 29.2 Å². The van der Waals surface area contributed by atoms with Crippen LogP contribution in [0.3, 0.4) is 0 Å². The van der Waals surface area contributed by atoms with Crippen LogP contribution in [0.1, 0.15) is 50.2 Å². The Kier molecular flexibility index (Phi) is 10.9. The summed E-state index contributed by atoms with van der Waals surface area (Å²) in [5.74, 6) is 0.442. The van der Waals surface area contributed by atoms with Crippen molar-refractivity contribution in [2.24, 2.45) is 5.92 Å². The number of carbonyl (C=O) groups excluding carboxylic acids is 3. The maximum Gasteiger partial charge on any atom is 0.309 e. The number of morpholine rings is 1. The number of benzene rings is 3. The predicted molar refractivity (Wildman–Crippen MR) is 170 cm³/mol. The molecule has 3 aromatic rings. The molecule has 0 aromatic heterocycles. The van der Waals surface area contributed by atoms with E-state index in [1.165, 1.54) is 18.2 Å². The maximum absolute atomic E-state index is 13.3. The van der Waals surface area contributed by atoms with Gasteiger partial charge in [-0.05, 0) is 48.6 Å². The van der Waals surface area contributed by atoms with E-state index in [1.54, 1.807) is 43.4 Å². The Morgan fingerprint density at radius 3 is 2.18 bits per heavy atom. The fourth-order valence-corrected chi connectivity index (χ4v) is 6.27. The van der Waals surface area contributed by atoms with Gasteiger partial charge in [-0.2, -0.15) is 0 Å². The summed E-state index contributed by atoms with van der Waals surface area (Å²) in [5, 5.41) is 0. The van der Waals surface area contributed by atoms with Gasteiger partial charge in [0.25, 0.3) is 5.91 Å². The van der Waals surface area contributed by atoms with Crippen LogP contribution in [0, 0.1) is 5.92 Å². The number of methoxy groups -OCH3 is 3. The highest BCUT2D eigenvalue weighted by Gasteiger charge is 2.32. The fraction of sp³-hybridized carbons (Fsp3) is 0.417. The first-order valence-corrected chi connectivity index (χ1v) is 15.5. The van der Waals surface area contributed by atoms with Crippen molar-refractivity contribution < 1.29 is 33.3 Å². The molecule has 1 saturated heterocycles. The van der Waals surface area contributed by atoms with E-state index in [9.17, 15) is 14.4 Å². The molecule has 45 heavy (non-hydrogen) atoms. The number of esters is 1. The maximum atomic E-state index is 13.3. The summed E-state index contributed by atoms with van der Waals surface area (Å²) in [4.78, 5) is 43.3. The van der Waals surface area contributed by atoms with E-state index < -0.39 is 5.92 Å². The van der Waals surface area contributed by atoms with Crippen LogP contribution in [0.25, 0.3) is 0 Å². The highest BCUT2D eigenvalue weighted by Crippen LogP contribution is 2.31. The molecule has 238 valence electrons. The zero-order valence-corrected chi connectivity index (χ0v) is 26.3. The summed E-state index contributed by atoms with van der Waals surface area (Å²) in [6.45, 7) is 3.17. The van der Waals surface area contributed by atoms with Crippen molar-refractivity contribution in [2.45, 2.75) is 38.3 Å². The number of ketones is 1. The van der Waals surface area contributed by atoms with Crippen molar-refractivity contribution >= 4 is 17.7 Å². The largest absolute Gasteiger partial charge is 0.497 e. The van der Waals surface area contributed by atoms with Crippen LogP contribution < -0.4 is 9.47 Å². The molecule has 1 unspecified atom stereocenters. The van der Waals surface area contributed by atoms with Gasteiger partial charge < -0.3 is 23.8 Å². The highest BCUT2D eigenvalue weighted by atomic mass is 16.5. The molecule has 0 saturated carbocycles. The third-order valence-corrected chi connectivity index (χ3v) is 8.87. The van der Waals surface area contributed by atoms with Crippen LogP contribution in [-0.4, -0.2) is 87.7 Å². The van der Waals surface area contributed by atoms with Gasteiger partial charge in [0.1, 0.15) is 11.5 Å². The van der Waals surface area contributed by atoms with Gasteiger partial charge in [0.05, 0.1) is 40.5 Å². The van der Waals surface area contributed by atoms with Crippen molar-refractivity contribution in [2.75, 3.05) is 54.2 Å². The highest BCUT2D eigenvalue weighted by molar-refractivity contribution is 5.99. The van der Waals surface area contributed by atoms with Crippen LogP contribution in [-0.2, 0) is 33.7 Å². The first-order chi connectivity index (χ1) is 21.9. The van der Waals surface area contributed by atoms with E-state index in [1.807, 2.05) is 18.2 Å². The first kappa shape index (κ1) is 32.2. The Labute approximate surface area is 265 Å². The van der Waals surface area contributed by atoms with Crippen molar-refractivity contribution in [1.82, 2.24) is 9.80 Å². The molecule has 1 fully saturated rings. The van der Waals surface area contributed by atoms with Crippen LogP contribution in [0.5, 0.6) is 11.5 Å². The van der Waals surface area contributed by atoms with Crippen molar-refractivity contribution in [1.29, 1.82) is 0 Å². The zero-order valence-electron chi connectivity index (χ0n) is 26.3. The van der Waals surface area contributed by atoms with E-state index in [0.717, 1.165) is 24.2 Å². The lowest BCUT2D eigenvalue weighted by Gasteiger charge is -2.32. The second kappa shape index (κ2) is 15.2. The molecule has 3 aromatic carbocycles. The van der Waals surface area contributed by atoms with Crippen molar-refractivity contribution in [3.05, 3.63) is 94.5 Å². The van der Waals surface area contributed by atoms with Gasteiger partial charge in [0.2, 0.25) is 0 Å². The summed E-state index contributed by atoms with van der Waals surface area (Å²) >= 11 is 0. The SMILES string of the molecule is COC(=O)C(CCC(=O)c1ccc(C(=O)N2CCOCC2)cc1)CN(Cc1ccc(OC)cc1OC)C1Cc2ccccc2C1. The molecule has 2 aliphatic rings. The first-order valence-electron chi connectivity index (χ1n) is 15.5. The standard InChI is InChI=1S/C36H42N2O7/c1-42-32-14-12-29(34(22-32)43-2)23-38(31-20-27-6-4-5-7-28(27)21-31)24-30(36(41)44-3)13-15-33(39)25-8-10-26(11-9-25)35(40)37-16-18-45-19-17-37/h4-12,14,22,30-31H,13,15-21,23-24H2,1-3H3. The summed E-state index contributed by atoms with van der Waals surface area (Å²) in [6, 6.07) is 21.2. The molecule has 0 spiro atoms. The van der Waals surface area contributed by atoms with Crippen molar-refractivity contribution in [3.63, 3.8) is 0 Å². The summed E-state index contributed by atoms with van der Waals surface area (Å²) in [7, 11) is 4.66. The number of ether oxygens (including phenoxy) is 4. The molecule has 0 bridgehead atoms. The summed E-state index contributed by atoms with van der Waals surface area (Å²) in [6.07, 6.45) is 2.27. The van der Waals surface area contributed by atoms with Gasteiger partial charge in [-0.15, -0.1) is 0 Å². The number of hydrogen-bond acceptors (Lipinski definition) is 8. The summed E-state index contributed by atoms with van der Waals surface area (Å²) in [5.41, 5.74) is 4.68. The number of rotatable bonds is 13. The monoisotopic (exact) mass is 614 g/mol. The lowest BCUT2D eigenvalue weighted by Crippen LogP contribution is -2.41.